The SMILES string of the molecule is Cc1cc(Br)c(C(F)(F)CC(=O)O)s1. The quantitative estimate of drug-likeness (QED) is 0.924. The largest absolute Gasteiger partial charge is 0.481 e. The second-order valence-corrected chi connectivity index (χ2v) is 4.92. The average molecular weight is 285 g/mol. The van der Waals surface area contributed by atoms with E-state index in [0.29, 0.717) is 0 Å². The van der Waals surface area contributed by atoms with Gasteiger partial charge in [-0.3, -0.25) is 4.79 Å². The van der Waals surface area contributed by atoms with Gasteiger partial charge >= 0.3 is 5.97 Å². The van der Waals surface area contributed by atoms with Crippen molar-refractivity contribution in [1.29, 1.82) is 0 Å². The van der Waals surface area contributed by atoms with E-state index in [1.807, 2.05) is 0 Å². The van der Waals surface area contributed by atoms with E-state index >= 15 is 0 Å². The molecule has 1 heterocycles. The zero-order valence-electron chi connectivity index (χ0n) is 7.18. The number of thiophene rings is 1. The van der Waals surface area contributed by atoms with Crippen LogP contribution in [0.5, 0.6) is 0 Å². The highest BCUT2D eigenvalue weighted by Gasteiger charge is 2.38. The number of alkyl halides is 2. The summed E-state index contributed by atoms with van der Waals surface area (Å²) in [5, 5.41) is 8.32. The lowest BCUT2D eigenvalue weighted by Gasteiger charge is -2.12. The number of hydrogen-bond donors (Lipinski definition) is 1. The molecule has 0 amide bonds. The number of carboxylic acids is 1. The summed E-state index contributed by atoms with van der Waals surface area (Å²) in [5.41, 5.74) is 0. The van der Waals surface area contributed by atoms with Gasteiger partial charge in [-0.05, 0) is 28.9 Å². The Bertz CT molecular complexity index is 362. The Morgan fingerprint density at radius 1 is 1.71 bits per heavy atom. The van der Waals surface area contributed by atoms with Crippen LogP contribution in [0.15, 0.2) is 10.5 Å². The Hall–Kier alpha value is -0.490. The smallest absolute Gasteiger partial charge is 0.309 e. The van der Waals surface area contributed by atoms with Crippen molar-refractivity contribution in [1.82, 2.24) is 0 Å². The van der Waals surface area contributed by atoms with Gasteiger partial charge in [0.1, 0.15) is 6.42 Å². The van der Waals surface area contributed by atoms with Crippen LogP contribution in [0.4, 0.5) is 8.78 Å². The summed E-state index contributed by atoms with van der Waals surface area (Å²) in [5.74, 6) is -4.81. The summed E-state index contributed by atoms with van der Waals surface area (Å²) in [6.07, 6.45) is -1.18. The molecule has 1 N–H and O–H groups in total. The lowest BCUT2D eigenvalue weighted by Crippen LogP contribution is -2.17. The van der Waals surface area contributed by atoms with Gasteiger partial charge < -0.3 is 5.11 Å². The first-order valence-corrected chi connectivity index (χ1v) is 5.30. The molecular weight excluding hydrogens is 278 g/mol. The summed E-state index contributed by atoms with van der Waals surface area (Å²) in [6.45, 7) is 1.69. The molecule has 0 aliphatic heterocycles. The van der Waals surface area contributed by atoms with Gasteiger partial charge in [-0.25, -0.2) is 0 Å². The van der Waals surface area contributed by atoms with Crippen LogP contribution in [0.2, 0.25) is 0 Å². The Labute approximate surface area is 91.7 Å². The molecule has 0 unspecified atom stereocenters. The van der Waals surface area contributed by atoms with Crippen molar-refractivity contribution >= 4 is 33.2 Å². The lowest BCUT2D eigenvalue weighted by molar-refractivity contribution is -0.145. The molecule has 0 aliphatic rings. The van der Waals surface area contributed by atoms with Crippen molar-refractivity contribution in [3.05, 3.63) is 20.3 Å². The Morgan fingerprint density at radius 2 is 2.29 bits per heavy atom. The van der Waals surface area contributed by atoms with Crippen LogP contribution >= 0.6 is 27.3 Å². The van der Waals surface area contributed by atoms with Crippen LogP contribution < -0.4 is 0 Å². The molecule has 1 aromatic rings. The van der Waals surface area contributed by atoms with E-state index in [0.717, 1.165) is 16.2 Å². The maximum atomic E-state index is 13.3. The van der Waals surface area contributed by atoms with Crippen LogP contribution in [-0.2, 0) is 10.7 Å². The van der Waals surface area contributed by atoms with Crippen molar-refractivity contribution in [2.24, 2.45) is 0 Å². The van der Waals surface area contributed by atoms with E-state index in [4.69, 9.17) is 5.11 Å². The predicted octanol–water partition coefficient (Wildman–Crippen LogP) is 3.39. The van der Waals surface area contributed by atoms with E-state index < -0.39 is 18.3 Å². The molecule has 0 fully saturated rings. The van der Waals surface area contributed by atoms with Gasteiger partial charge in [0.2, 0.25) is 0 Å². The van der Waals surface area contributed by atoms with E-state index in [9.17, 15) is 13.6 Å². The number of aliphatic carboxylic acids is 1. The maximum Gasteiger partial charge on any atom is 0.309 e. The highest BCUT2D eigenvalue weighted by molar-refractivity contribution is 9.10. The van der Waals surface area contributed by atoms with Crippen molar-refractivity contribution in [2.45, 2.75) is 19.3 Å². The molecule has 0 atom stereocenters. The fraction of sp³-hybridized carbons (Fsp3) is 0.375. The third-order valence-corrected chi connectivity index (χ3v) is 3.57. The third-order valence-electron chi connectivity index (χ3n) is 1.52. The van der Waals surface area contributed by atoms with Gasteiger partial charge in [-0.15, -0.1) is 11.3 Å². The van der Waals surface area contributed by atoms with Crippen LogP contribution in [-0.4, -0.2) is 11.1 Å². The Kier molecular flexibility index (Phi) is 3.26. The maximum absolute atomic E-state index is 13.3. The number of rotatable bonds is 3. The van der Waals surface area contributed by atoms with Crippen LogP contribution in [0.3, 0.4) is 0 Å². The molecule has 0 aliphatic carbocycles. The van der Waals surface area contributed by atoms with Gasteiger partial charge in [0, 0.05) is 9.35 Å². The Morgan fingerprint density at radius 3 is 2.64 bits per heavy atom. The molecule has 0 radical (unpaired) electrons. The lowest BCUT2D eigenvalue weighted by atomic mass is 10.2. The van der Waals surface area contributed by atoms with Crippen molar-refractivity contribution in [3.63, 3.8) is 0 Å². The monoisotopic (exact) mass is 284 g/mol. The van der Waals surface area contributed by atoms with Gasteiger partial charge in [0.05, 0.1) is 4.88 Å². The molecule has 14 heavy (non-hydrogen) atoms. The zero-order chi connectivity index (χ0) is 10.9. The summed E-state index contributed by atoms with van der Waals surface area (Å²) in [6, 6.07) is 1.55. The first-order valence-electron chi connectivity index (χ1n) is 3.69. The van der Waals surface area contributed by atoms with E-state index in [-0.39, 0.29) is 9.35 Å². The topological polar surface area (TPSA) is 37.3 Å². The van der Waals surface area contributed by atoms with Crippen LogP contribution in [0.25, 0.3) is 0 Å². The van der Waals surface area contributed by atoms with Gasteiger partial charge in [0.15, 0.2) is 0 Å². The third kappa shape index (κ3) is 2.51. The highest BCUT2D eigenvalue weighted by atomic mass is 79.9. The number of hydrogen-bond acceptors (Lipinski definition) is 2. The Balaban J connectivity index is 3.02. The number of aryl methyl sites for hydroxylation is 1. The standard InChI is InChI=1S/C8H7BrF2O2S/c1-4-2-5(9)7(14-4)8(10,11)3-6(12)13/h2H,3H2,1H3,(H,12,13). The molecule has 78 valence electrons. The van der Waals surface area contributed by atoms with Crippen molar-refractivity contribution in [3.8, 4) is 0 Å². The summed E-state index contributed by atoms with van der Waals surface area (Å²) in [4.78, 5) is 10.7. The van der Waals surface area contributed by atoms with Crippen LogP contribution in [0, 0.1) is 6.92 Å². The second kappa shape index (κ2) is 3.94. The van der Waals surface area contributed by atoms with Crippen LogP contribution in [0.1, 0.15) is 16.2 Å². The second-order valence-electron chi connectivity index (χ2n) is 2.81. The first kappa shape index (κ1) is 11.6. The fourth-order valence-corrected chi connectivity index (χ4v) is 2.91. The van der Waals surface area contributed by atoms with Gasteiger partial charge in [0.25, 0.3) is 5.92 Å². The molecule has 1 rings (SSSR count). The molecule has 0 spiro atoms. The van der Waals surface area contributed by atoms with Crippen molar-refractivity contribution < 1.29 is 18.7 Å². The van der Waals surface area contributed by atoms with Gasteiger partial charge in [-0.1, -0.05) is 0 Å². The fourth-order valence-electron chi connectivity index (χ4n) is 1.00. The molecular formula is C8H7BrF2O2S. The molecule has 6 heteroatoms. The normalized spacial score (nSPS) is 11.7. The molecule has 0 saturated carbocycles. The molecule has 2 nitrogen and oxygen atoms in total. The summed E-state index contributed by atoms with van der Waals surface area (Å²) >= 11 is 3.88. The minimum atomic E-state index is -3.30. The number of carboxylic acid groups (broad SMARTS) is 1. The minimum absolute atomic E-state index is 0.225. The molecule has 0 saturated heterocycles. The molecule has 0 aromatic carbocycles. The number of carbonyl (C=O) groups is 1. The van der Waals surface area contributed by atoms with E-state index in [1.165, 1.54) is 0 Å². The first-order chi connectivity index (χ1) is 6.33. The predicted molar refractivity (Wildman–Crippen MR) is 52.9 cm³/mol. The summed E-state index contributed by atoms with van der Waals surface area (Å²) in [7, 11) is 0. The molecule has 0 bridgehead atoms. The highest BCUT2D eigenvalue weighted by Crippen LogP contribution is 2.41. The number of halogens is 3. The van der Waals surface area contributed by atoms with Gasteiger partial charge in [-0.2, -0.15) is 8.78 Å². The van der Waals surface area contributed by atoms with E-state index in [2.05, 4.69) is 15.9 Å². The minimum Gasteiger partial charge on any atom is -0.481 e. The molecule has 1 aromatic heterocycles. The zero-order valence-corrected chi connectivity index (χ0v) is 9.58. The average Bonchev–Trinajstić information content (AvgIpc) is 2.27. The summed E-state index contributed by atoms with van der Waals surface area (Å²) < 4.78 is 26.8. The van der Waals surface area contributed by atoms with Crippen molar-refractivity contribution in [2.75, 3.05) is 0 Å². The van der Waals surface area contributed by atoms with E-state index in [1.54, 1.807) is 13.0 Å².